The van der Waals surface area contributed by atoms with E-state index in [1.54, 1.807) is 26.0 Å². The lowest BCUT2D eigenvalue weighted by molar-refractivity contribution is -0.136. The number of amides is 3. The molecule has 2 aromatic carbocycles. The number of aromatic nitrogens is 2. The average Bonchev–Trinajstić information content (AvgIpc) is 3.74. The van der Waals surface area contributed by atoms with Gasteiger partial charge in [0.05, 0.1) is 6.61 Å². The van der Waals surface area contributed by atoms with Crippen LogP contribution in [0, 0.1) is 11.3 Å². The van der Waals surface area contributed by atoms with Gasteiger partial charge in [-0.05, 0) is 28.5 Å². The molecule has 240 valence electrons. The molecule has 4 aromatic rings. The lowest BCUT2D eigenvalue weighted by atomic mass is 9.72. The first-order valence-corrected chi connectivity index (χ1v) is 15.2. The van der Waals surface area contributed by atoms with Gasteiger partial charge < -0.3 is 35.0 Å². The minimum atomic E-state index is -1.56. The van der Waals surface area contributed by atoms with Gasteiger partial charge in [0.15, 0.2) is 16.9 Å². The summed E-state index contributed by atoms with van der Waals surface area (Å²) in [5.41, 5.74) is 0.518. The monoisotopic (exact) mass is 627 g/mol. The number of hydrogen-bond donors (Lipinski definition) is 5. The Morgan fingerprint density at radius 2 is 1.87 bits per heavy atom. The van der Waals surface area contributed by atoms with Crippen LogP contribution in [0.5, 0.6) is 0 Å². The number of hydrogen-bond acceptors (Lipinski definition) is 9. The molecule has 2 aromatic heterocycles. The van der Waals surface area contributed by atoms with E-state index < -0.39 is 40.8 Å². The van der Waals surface area contributed by atoms with Gasteiger partial charge in [-0.15, -0.1) is 0 Å². The Morgan fingerprint density at radius 1 is 1.13 bits per heavy atom. The molecular weight excluding hydrogens is 590 g/mol. The number of rotatable bonds is 6. The molecule has 4 heterocycles. The molecule has 0 spiro atoms. The van der Waals surface area contributed by atoms with Crippen LogP contribution in [0.2, 0.25) is 0 Å². The van der Waals surface area contributed by atoms with Gasteiger partial charge >= 0.3 is 0 Å². The highest BCUT2D eigenvalue weighted by Gasteiger charge is 2.55. The minimum Gasteiger partial charge on any atom is -0.443 e. The Hall–Kier alpha value is -4.81. The normalized spacial score (nSPS) is 21.7. The van der Waals surface area contributed by atoms with E-state index in [4.69, 9.17) is 13.8 Å². The molecule has 46 heavy (non-hydrogen) atoms. The Bertz CT molecular complexity index is 1810. The second-order valence-electron chi connectivity index (χ2n) is 13.2. The molecule has 0 fully saturated rings. The summed E-state index contributed by atoms with van der Waals surface area (Å²) >= 11 is 0. The number of nitrogens with zero attached hydrogens (tertiary/aromatic N) is 2. The van der Waals surface area contributed by atoms with Gasteiger partial charge in [0, 0.05) is 17.7 Å². The van der Waals surface area contributed by atoms with Gasteiger partial charge in [0.25, 0.3) is 0 Å². The first kappa shape index (κ1) is 31.2. The molecule has 4 atom stereocenters. The van der Waals surface area contributed by atoms with Crippen molar-refractivity contribution < 1.29 is 33.4 Å². The van der Waals surface area contributed by atoms with Crippen molar-refractivity contribution >= 4 is 23.4 Å². The second-order valence-corrected chi connectivity index (χ2v) is 13.2. The average molecular weight is 628 g/mol. The zero-order valence-corrected chi connectivity index (χ0v) is 26.2. The Kier molecular flexibility index (Phi) is 7.81. The van der Waals surface area contributed by atoms with Crippen LogP contribution < -0.4 is 16.0 Å². The van der Waals surface area contributed by atoms with E-state index in [1.807, 2.05) is 57.2 Å². The molecule has 0 unspecified atom stereocenters. The van der Waals surface area contributed by atoms with Crippen molar-refractivity contribution in [2.45, 2.75) is 71.2 Å². The van der Waals surface area contributed by atoms with Gasteiger partial charge in [-0.25, -0.2) is 9.97 Å². The van der Waals surface area contributed by atoms with Crippen LogP contribution in [0.25, 0.3) is 11.6 Å². The van der Waals surface area contributed by atoms with Crippen molar-refractivity contribution in [2.75, 3.05) is 5.32 Å². The Balaban J connectivity index is 1.65. The summed E-state index contributed by atoms with van der Waals surface area (Å²) in [7, 11) is 0. The largest absolute Gasteiger partial charge is 0.443 e. The SMILES string of the molecule is CC(C)[C@H](O)C(=O)N[C@H]1Cc2ccc3c(c2)[C@](c2ccccc2)(C(=O)N3)c2oc(nc2-c2nc(CO)co2)[C@H](C(C)(C)C)NC1=O. The van der Waals surface area contributed by atoms with Gasteiger partial charge in [-0.1, -0.05) is 77.1 Å². The molecule has 4 bridgehead atoms. The number of aliphatic hydroxyl groups excluding tert-OH is 2. The number of oxazole rings is 2. The molecule has 2 aliphatic heterocycles. The number of aliphatic hydroxyl groups is 2. The Morgan fingerprint density at radius 3 is 2.52 bits per heavy atom. The smallest absolute Gasteiger partial charge is 0.249 e. The fourth-order valence-electron chi connectivity index (χ4n) is 6.05. The zero-order chi connectivity index (χ0) is 33.0. The first-order chi connectivity index (χ1) is 21.8. The van der Waals surface area contributed by atoms with E-state index in [0.717, 1.165) is 0 Å². The second kappa shape index (κ2) is 11.5. The maximum Gasteiger partial charge on any atom is 0.249 e. The molecule has 6 rings (SSSR count). The number of carbonyl (C=O) groups excluding carboxylic acids is 3. The van der Waals surface area contributed by atoms with Gasteiger partial charge in [0.2, 0.25) is 29.5 Å². The summed E-state index contributed by atoms with van der Waals surface area (Å²) in [5, 5.41) is 29.0. The molecule has 0 aliphatic carbocycles. The lowest BCUT2D eigenvalue weighted by Crippen LogP contribution is -2.53. The molecule has 0 radical (unpaired) electrons. The predicted molar refractivity (Wildman–Crippen MR) is 166 cm³/mol. The highest BCUT2D eigenvalue weighted by Crippen LogP contribution is 2.52. The molecule has 5 N–H and O–H groups in total. The van der Waals surface area contributed by atoms with Crippen molar-refractivity contribution in [2.24, 2.45) is 11.3 Å². The maximum absolute atomic E-state index is 14.4. The molecule has 12 nitrogen and oxygen atoms in total. The van der Waals surface area contributed by atoms with Crippen LogP contribution in [-0.2, 0) is 32.8 Å². The summed E-state index contributed by atoms with van der Waals surface area (Å²) in [6.07, 6.45) is 0.0609. The third-order valence-electron chi connectivity index (χ3n) is 8.56. The number of benzene rings is 2. The zero-order valence-electron chi connectivity index (χ0n) is 26.2. The van der Waals surface area contributed by atoms with Crippen molar-refractivity contribution in [3.63, 3.8) is 0 Å². The van der Waals surface area contributed by atoms with Gasteiger partial charge in [-0.3, -0.25) is 14.4 Å². The van der Waals surface area contributed by atoms with E-state index in [9.17, 15) is 24.6 Å². The first-order valence-electron chi connectivity index (χ1n) is 15.2. The van der Waals surface area contributed by atoms with Gasteiger partial charge in [-0.2, -0.15) is 0 Å². The molecule has 12 heteroatoms. The van der Waals surface area contributed by atoms with Crippen LogP contribution in [0.15, 0.2) is 63.6 Å². The van der Waals surface area contributed by atoms with E-state index in [1.165, 1.54) is 6.26 Å². The fraction of sp³-hybridized carbons (Fsp3) is 0.382. The van der Waals surface area contributed by atoms with Crippen LogP contribution >= 0.6 is 0 Å². The topological polar surface area (TPSA) is 180 Å². The number of fused-ring (bicyclic) bond motifs is 4. The van der Waals surface area contributed by atoms with Crippen molar-refractivity contribution in [1.29, 1.82) is 0 Å². The molecule has 0 saturated heterocycles. The molecular formula is C34H37N5O7. The van der Waals surface area contributed by atoms with Crippen molar-refractivity contribution in [3.05, 3.63) is 88.8 Å². The van der Waals surface area contributed by atoms with Gasteiger partial charge in [0.1, 0.15) is 30.1 Å². The molecule has 3 amide bonds. The summed E-state index contributed by atoms with van der Waals surface area (Å²) < 4.78 is 12.4. The van der Waals surface area contributed by atoms with Crippen LogP contribution in [0.4, 0.5) is 5.69 Å². The van der Waals surface area contributed by atoms with Crippen molar-refractivity contribution in [3.8, 4) is 11.6 Å². The van der Waals surface area contributed by atoms with E-state index in [2.05, 4.69) is 20.9 Å². The van der Waals surface area contributed by atoms with Crippen LogP contribution in [0.3, 0.4) is 0 Å². The highest BCUT2D eigenvalue weighted by atomic mass is 16.4. The summed E-state index contributed by atoms with van der Waals surface area (Å²) in [5.74, 6) is -1.67. The fourth-order valence-corrected chi connectivity index (χ4v) is 6.05. The third kappa shape index (κ3) is 5.17. The van der Waals surface area contributed by atoms with E-state index in [0.29, 0.717) is 22.4 Å². The summed E-state index contributed by atoms with van der Waals surface area (Å²) in [6, 6.07) is 12.6. The van der Waals surface area contributed by atoms with E-state index >= 15 is 0 Å². The van der Waals surface area contributed by atoms with E-state index in [-0.39, 0.29) is 53.8 Å². The summed E-state index contributed by atoms with van der Waals surface area (Å²) in [4.78, 5) is 50.7. The standard InChI is InChI=1S/C34H37N5O7/c1-17(2)25(41)29(43)36-23-14-18-11-12-22-21(13-18)34(32(44)37-22,19-9-7-6-8-10-19)27-24(30-35-20(15-40)16-45-30)38-31(46-27)26(33(3,4)5)39-28(23)42/h6-13,16-17,23,25-26,40-41H,14-15H2,1-5H3,(H,36,43)(H,37,44)(H,39,42)/t23-,25-,26+,34-/m0/s1. The Labute approximate surface area is 265 Å². The molecule has 0 saturated carbocycles. The van der Waals surface area contributed by atoms with Crippen LogP contribution in [-0.4, -0.2) is 50.0 Å². The maximum atomic E-state index is 14.4. The quantitative estimate of drug-likeness (QED) is 0.214. The number of carbonyl (C=O) groups is 3. The summed E-state index contributed by atoms with van der Waals surface area (Å²) in [6.45, 7) is 8.74. The minimum absolute atomic E-state index is 0.0310. The third-order valence-corrected chi connectivity index (χ3v) is 8.56. The highest BCUT2D eigenvalue weighted by molar-refractivity contribution is 6.11. The number of nitrogens with one attached hydrogen (secondary N) is 3. The lowest BCUT2D eigenvalue weighted by Gasteiger charge is -2.32. The molecule has 2 aliphatic rings. The van der Waals surface area contributed by atoms with Crippen LogP contribution in [0.1, 0.15) is 74.7 Å². The van der Waals surface area contributed by atoms with Crippen molar-refractivity contribution in [1.82, 2.24) is 20.6 Å². The number of anilines is 1. The predicted octanol–water partition coefficient (Wildman–Crippen LogP) is 3.37.